The molecule has 0 aliphatic carbocycles. The second-order valence-corrected chi connectivity index (χ2v) is 5.22. The average molecular weight is 254 g/mol. The number of hydrogen-bond donors (Lipinski definition) is 0. The smallest absolute Gasteiger partial charge is 0.163 e. The van der Waals surface area contributed by atoms with E-state index in [-0.39, 0.29) is 6.10 Å². The summed E-state index contributed by atoms with van der Waals surface area (Å²) in [4.78, 5) is 4.47. The van der Waals surface area contributed by atoms with Crippen LogP contribution in [-0.4, -0.2) is 34.7 Å². The average Bonchev–Trinajstić information content (AvgIpc) is 2.75. The summed E-state index contributed by atoms with van der Waals surface area (Å²) in [5, 5.41) is 0. The first-order valence-electron chi connectivity index (χ1n) is 6.27. The number of aromatic nitrogens is 2. The number of nitrogens with zero attached hydrogens (tertiary/aromatic N) is 2. The van der Waals surface area contributed by atoms with Crippen molar-refractivity contribution in [3.8, 4) is 0 Å². The van der Waals surface area contributed by atoms with Crippen molar-refractivity contribution in [2.75, 3.05) is 13.2 Å². The van der Waals surface area contributed by atoms with Crippen molar-refractivity contribution in [1.82, 2.24) is 9.55 Å². The second kappa shape index (κ2) is 4.99. The van der Waals surface area contributed by atoms with E-state index in [4.69, 9.17) is 14.2 Å². The lowest BCUT2D eigenvalue weighted by atomic mass is 10.3. The van der Waals surface area contributed by atoms with Crippen LogP contribution in [0.1, 0.15) is 31.1 Å². The highest BCUT2D eigenvalue weighted by Gasteiger charge is 2.32. The molecule has 0 aromatic carbocycles. The first-order chi connectivity index (χ1) is 8.39. The minimum atomic E-state index is -0.481. The molecule has 1 aromatic rings. The van der Waals surface area contributed by atoms with Crippen LogP contribution < -0.4 is 0 Å². The van der Waals surface area contributed by atoms with Gasteiger partial charge in [-0.2, -0.15) is 0 Å². The molecule has 5 nitrogen and oxygen atoms in total. The maximum absolute atomic E-state index is 5.67. The minimum Gasteiger partial charge on any atom is -0.372 e. The molecule has 0 bridgehead atoms. The van der Waals surface area contributed by atoms with Crippen LogP contribution in [0.4, 0.5) is 0 Å². The highest BCUT2D eigenvalue weighted by Crippen LogP contribution is 2.22. The number of aryl methyl sites for hydroxylation is 1. The summed E-state index contributed by atoms with van der Waals surface area (Å²) >= 11 is 0. The van der Waals surface area contributed by atoms with Gasteiger partial charge in [-0.15, -0.1) is 0 Å². The summed E-state index contributed by atoms with van der Waals surface area (Å²) in [5.41, 5.74) is 2.14. The Morgan fingerprint density at radius 2 is 2.17 bits per heavy atom. The molecule has 2 heterocycles. The molecular formula is C13H22N2O3. The molecule has 5 heteroatoms. The van der Waals surface area contributed by atoms with Gasteiger partial charge in [0.15, 0.2) is 5.79 Å². The van der Waals surface area contributed by atoms with Crippen molar-refractivity contribution in [1.29, 1.82) is 0 Å². The van der Waals surface area contributed by atoms with Gasteiger partial charge in [-0.1, -0.05) is 0 Å². The third-order valence-electron chi connectivity index (χ3n) is 3.31. The molecule has 0 N–H and O–H groups in total. The van der Waals surface area contributed by atoms with Crippen LogP contribution in [0.5, 0.6) is 0 Å². The summed E-state index contributed by atoms with van der Waals surface area (Å²) in [6, 6.07) is 0. The Kier molecular flexibility index (Phi) is 3.75. The third kappa shape index (κ3) is 2.91. The van der Waals surface area contributed by atoms with E-state index in [0.717, 1.165) is 17.2 Å². The lowest BCUT2D eigenvalue weighted by molar-refractivity contribution is -0.145. The maximum atomic E-state index is 5.67. The standard InChI is InChI=1S/C13H22N2O3/c1-9-12(14-10(2)15(9)5)8-16-6-11-7-17-13(3,4)18-11/h11H,6-8H2,1-5H3. The predicted octanol–water partition coefficient (Wildman–Crippen LogP) is 1.71. The largest absolute Gasteiger partial charge is 0.372 e. The van der Waals surface area contributed by atoms with Crippen LogP contribution in [0.3, 0.4) is 0 Å². The Morgan fingerprint density at radius 1 is 1.44 bits per heavy atom. The Morgan fingerprint density at radius 3 is 2.67 bits per heavy atom. The molecule has 1 aliphatic heterocycles. The molecule has 102 valence electrons. The number of ether oxygens (including phenoxy) is 3. The Labute approximate surface area is 108 Å². The van der Waals surface area contributed by atoms with E-state index in [2.05, 4.69) is 16.5 Å². The van der Waals surface area contributed by atoms with Crippen molar-refractivity contribution >= 4 is 0 Å². The number of hydrogen-bond acceptors (Lipinski definition) is 4. The van der Waals surface area contributed by atoms with Crippen molar-refractivity contribution in [2.45, 2.75) is 46.2 Å². The van der Waals surface area contributed by atoms with Crippen molar-refractivity contribution in [2.24, 2.45) is 7.05 Å². The fourth-order valence-corrected chi connectivity index (χ4v) is 2.06. The van der Waals surface area contributed by atoms with E-state index >= 15 is 0 Å². The van der Waals surface area contributed by atoms with Gasteiger partial charge >= 0.3 is 0 Å². The second-order valence-electron chi connectivity index (χ2n) is 5.22. The van der Waals surface area contributed by atoms with Crippen LogP contribution >= 0.6 is 0 Å². The topological polar surface area (TPSA) is 45.5 Å². The van der Waals surface area contributed by atoms with Crippen LogP contribution in [-0.2, 0) is 27.9 Å². The van der Waals surface area contributed by atoms with Gasteiger partial charge in [-0.3, -0.25) is 0 Å². The fourth-order valence-electron chi connectivity index (χ4n) is 2.06. The molecule has 0 amide bonds. The van der Waals surface area contributed by atoms with Gasteiger partial charge in [-0.05, 0) is 27.7 Å². The zero-order valence-corrected chi connectivity index (χ0v) is 11.8. The molecule has 0 radical (unpaired) electrons. The summed E-state index contributed by atoms with van der Waals surface area (Å²) in [5.74, 6) is 0.526. The molecule has 1 fully saturated rings. The lowest BCUT2D eigenvalue weighted by Gasteiger charge is -2.16. The highest BCUT2D eigenvalue weighted by atomic mass is 16.7. The molecule has 1 aliphatic rings. The van der Waals surface area contributed by atoms with E-state index in [1.807, 2.05) is 27.8 Å². The van der Waals surface area contributed by atoms with Crippen LogP contribution in [0.15, 0.2) is 0 Å². The molecule has 0 saturated carbocycles. The van der Waals surface area contributed by atoms with Crippen LogP contribution in [0.2, 0.25) is 0 Å². The fraction of sp³-hybridized carbons (Fsp3) is 0.769. The SMILES string of the molecule is Cc1nc(COCC2COC(C)(C)O2)c(C)n1C. The molecule has 1 aromatic heterocycles. The van der Waals surface area contributed by atoms with Crippen molar-refractivity contribution in [3.63, 3.8) is 0 Å². The zero-order valence-electron chi connectivity index (χ0n) is 11.8. The molecule has 18 heavy (non-hydrogen) atoms. The molecule has 2 rings (SSSR count). The highest BCUT2D eigenvalue weighted by molar-refractivity contribution is 5.13. The molecular weight excluding hydrogens is 232 g/mol. The zero-order chi connectivity index (χ0) is 13.3. The van der Waals surface area contributed by atoms with Gasteiger partial charge in [-0.25, -0.2) is 4.98 Å². The molecule has 0 spiro atoms. The van der Waals surface area contributed by atoms with Crippen molar-refractivity contribution in [3.05, 3.63) is 17.2 Å². The van der Waals surface area contributed by atoms with Gasteiger partial charge in [0.25, 0.3) is 0 Å². The van der Waals surface area contributed by atoms with Gasteiger partial charge in [0.1, 0.15) is 11.9 Å². The predicted molar refractivity (Wildman–Crippen MR) is 67.2 cm³/mol. The number of rotatable bonds is 4. The first kappa shape index (κ1) is 13.5. The minimum absolute atomic E-state index is 0.0186. The summed E-state index contributed by atoms with van der Waals surface area (Å²) in [6.07, 6.45) is 0.0186. The van der Waals surface area contributed by atoms with Gasteiger partial charge in [0.05, 0.1) is 25.5 Å². The van der Waals surface area contributed by atoms with E-state index in [1.165, 1.54) is 0 Å². The van der Waals surface area contributed by atoms with Crippen LogP contribution in [0.25, 0.3) is 0 Å². The van der Waals surface area contributed by atoms with E-state index < -0.39 is 5.79 Å². The quantitative estimate of drug-likeness (QED) is 0.820. The van der Waals surface area contributed by atoms with Crippen LogP contribution in [0, 0.1) is 13.8 Å². The normalized spacial score (nSPS) is 22.6. The van der Waals surface area contributed by atoms with E-state index in [1.54, 1.807) is 0 Å². The lowest BCUT2D eigenvalue weighted by Crippen LogP contribution is -2.24. The summed E-state index contributed by atoms with van der Waals surface area (Å²) in [6.45, 7) is 9.53. The number of imidazole rings is 1. The monoisotopic (exact) mass is 254 g/mol. The van der Waals surface area contributed by atoms with E-state index in [9.17, 15) is 0 Å². The summed E-state index contributed by atoms with van der Waals surface area (Å²) in [7, 11) is 2.01. The van der Waals surface area contributed by atoms with Crippen molar-refractivity contribution < 1.29 is 14.2 Å². The Hall–Kier alpha value is -0.910. The Balaban J connectivity index is 1.81. The maximum Gasteiger partial charge on any atom is 0.163 e. The molecule has 1 saturated heterocycles. The van der Waals surface area contributed by atoms with Gasteiger partial charge < -0.3 is 18.8 Å². The third-order valence-corrected chi connectivity index (χ3v) is 3.31. The Bertz CT molecular complexity index is 426. The molecule has 1 atom stereocenters. The molecule has 1 unspecified atom stereocenters. The van der Waals surface area contributed by atoms with E-state index in [0.29, 0.717) is 19.8 Å². The summed E-state index contributed by atoms with van der Waals surface area (Å²) < 4.78 is 18.9. The first-order valence-corrected chi connectivity index (χ1v) is 6.27. The van der Waals surface area contributed by atoms with Gasteiger partial charge in [0.2, 0.25) is 0 Å². The van der Waals surface area contributed by atoms with Gasteiger partial charge in [0, 0.05) is 12.7 Å².